The highest BCUT2D eigenvalue weighted by atomic mass is 19.1. The first kappa shape index (κ1) is 18.6. The Hall–Kier alpha value is -3.15. The van der Waals surface area contributed by atoms with Crippen LogP contribution in [0.2, 0.25) is 0 Å². The van der Waals surface area contributed by atoms with Crippen molar-refractivity contribution in [2.75, 3.05) is 13.7 Å². The van der Waals surface area contributed by atoms with E-state index in [1.165, 1.54) is 11.6 Å². The van der Waals surface area contributed by atoms with Crippen LogP contribution in [0.4, 0.5) is 4.39 Å². The Balaban J connectivity index is 1.51. The highest BCUT2D eigenvalue weighted by Gasteiger charge is 2.11. The number of aromatic amines is 1. The second kappa shape index (κ2) is 8.49. The molecule has 0 bridgehead atoms. The zero-order chi connectivity index (χ0) is 19.2. The number of methoxy groups -OCH3 is 1. The molecule has 0 unspecified atom stereocenters. The lowest BCUT2D eigenvalue weighted by atomic mass is 10.1. The first-order valence-electron chi connectivity index (χ1n) is 8.80. The molecule has 140 valence electrons. The van der Waals surface area contributed by atoms with E-state index in [2.05, 4.69) is 15.5 Å². The van der Waals surface area contributed by atoms with Crippen molar-refractivity contribution in [3.63, 3.8) is 0 Å². The number of hydrogen-bond acceptors (Lipinski definition) is 3. The van der Waals surface area contributed by atoms with Crippen LogP contribution in [0.15, 0.2) is 48.5 Å². The molecule has 2 aromatic carbocycles. The molecule has 0 saturated carbocycles. The Bertz CT molecular complexity index is 919. The van der Waals surface area contributed by atoms with Gasteiger partial charge in [-0.3, -0.25) is 9.89 Å². The maximum Gasteiger partial charge on any atom is 0.269 e. The number of H-pyrrole nitrogens is 1. The van der Waals surface area contributed by atoms with Crippen molar-refractivity contribution in [2.45, 2.75) is 19.8 Å². The summed E-state index contributed by atoms with van der Waals surface area (Å²) in [6.07, 6.45) is 1.70. The van der Waals surface area contributed by atoms with Gasteiger partial charge in [-0.25, -0.2) is 4.39 Å². The van der Waals surface area contributed by atoms with E-state index in [0.717, 1.165) is 24.2 Å². The fraction of sp³-hybridized carbons (Fsp3) is 0.238. The molecule has 6 heteroatoms. The number of carbonyl (C=O) groups is 1. The number of aryl methyl sites for hydroxylation is 2. The fourth-order valence-corrected chi connectivity index (χ4v) is 2.77. The second-order valence-electron chi connectivity index (χ2n) is 6.34. The Morgan fingerprint density at radius 3 is 2.67 bits per heavy atom. The fourth-order valence-electron chi connectivity index (χ4n) is 2.77. The maximum absolute atomic E-state index is 13.4. The van der Waals surface area contributed by atoms with Gasteiger partial charge in [0.15, 0.2) is 0 Å². The van der Waals surface area contributed by atoms with Gasteiger partial charge in [-0.05, 0) is 67.3 Å². The Morgan fingerprint density at radius 2 is 1.96 bits per heavy atom. The van der Waals surface area contributed by atoms with Crippen molar-refractivity contribution < 1.29 is 13.9 Å². The summed E-state index contributed by atoms with van der Waals surface area (Å²) in [5, 5.41) is 9.77. The lowest BCUT2D eigenvalue weighted by molar-refractivity contribution is 0.0948. The number of halogens is 1. The SMILES string of the molecule is COc1ccc(CCCNC(=O)c2cc(-c3ccc(F)c(C)c3)n[nH]2)cc1. The monoisotopic (exact) mass is 367 g/mol. The van der Waals surface area contributed by atoms with Gasteiger partial charge in [0.1, 0.15) is 17.3 Å². The Labute approximate surface area is 157 Å². The third-order valence-corrected chi connectivity index (χ3v) is 4.36. The predicted molar refractivity (Wildman–Crippen MR) is 102 cm³/mol. The van der Waals surface area contributed by atoms with Gasteiger partial charge < -0.3 is 10.1 Å². The number of ether oxygens (including phenoxy) is 1. The van der Waals surface area contributed by atoms with Gasteiger partial charge in [-0.2, -0.15) is 5.10 Å². The molecule has 0 atom stereocenters. The molecule has 0 radical (unpaired) electrons. The minimum absolute atomic E-state index is 0.206. The number of hydrogen-bond donors (Lipinski definition) is 2. The van der Waals surface area contributed by atoms with E-state index in [-0.39, 0.29) is 11.7 Å². The van der Waals surface area contributed by atoms with Gasteiger partial charge in [-0.1, -0.05) is 12.1 Å². The number of benzene rings is 2. The average molecular weight is 367 g/mol. The first-order valence-corrected chi connectivity index (χ1v) is 8.80. The van der Waals surface area contributed by atoms with Crippen LogP contribution >= 0.6 is 0 Å². The lowest BCUT2D eigenvalue weighted by Crippen LogP contribution is -2.25. The maximum atomic E-state index is 13.4. The molecule has 0 fully saturated rings. The second-order valence-corrected chi connectivity index (χ2v) is 6.34. The van der Waals surface area contributed by atoms with Crippen LogP contribution in [-0.4, -0.2) is 29.8 Å². The predicted octanol–water partition coefficient (Wildman–Crippen LogP) is 3.90. The summed E-state index contributed by atoms with van der Waals surface area (Å²) in [5.74, 6) is 0.366. The summed E-state index contributed by atoms with van der Waals surface area (Å²) in [5.41, 5.74) is 3.50. The minimum atomic E-state index is -0.260. The quantitative estimate of drug-likeness (QED) is 0.623. The molecule has 1 aromatic heterocycles. The molecule has 0 spiro atoms. The van der Waals surface area contributed by atoms with E-state index in [4.69, 9.17) is 4.74 Å². The summed E-state index contributed by atoms with van der Waals surface area (Å²) < 4.78 is 18.5. The number of carbonyl (C=O) groups excluding carboxylic acids is 1. The standard InChI is InChI=1S/C21H22FN3O2/c1-14-12-16(7-10-18(14)22)19-13-20(25-24-19)21(26)23-11-3-4-15-5-8-17(27-2)9-6-15/h5-10,12-13H,3-4,11H2,1-2H3,(H,23,26)(H,24,25). The molecule has 3 aromatic rings. The molecule has 0 aliphatic carbocycles. The zero-order valence-corrected chi connectivity index (χ0v) is 15.4. The third kappa shape index (κ3) is 4.73. The van der Waals surface area contributed by atoms with E-state index >= 15 is 0 Å². The lowest BCUT2D eigenvalue weighted by Gasteiger charge is -2.05. The van der Waals surface area contributed by atoms with Crippen LogP contribution < -0.4 is 10.1 Å². The highest BCUT2D eigenvalue weighted by Crippen LogP contribution is 2.20. The number of nitrogens with zero attached hydrogens (tertiary/aromatic N) is 1. The summed E-state index contributed by atoms with van der Waals surface area (Å²) in [6.45, 7) is 2.26. The first-order chi connectivity index (χ1) is 13.1. The van der Waals surface area contributed by atoms with Gasteiger partial charge in [0.2, 0.25) is 0 Å². The van der Waals surface area contributed by atoms with E-state index in [0.29, 0.717) is 23.5 Å². The van der Waals surface area contributed by atoms with Crippen molar-refractivity contribution in [3.8, 4) is 17.0 Å². The summed E-state index contributed by atoms with van der Waals surface area (Å²) in [7, 11) is 1.64. The molecule has 1 heterocycles. The number of aromatic nitrogens is 2. The van der Waals surface area contributed by atoms with E-state index in [1.807, 2.05) is 24.3 Å². The van der Waals surface area contributed by atoms with Gasteiger partial charge >= 0.3 is 0 Å². The van der Waals surface area contributed by atoms with Crippen molar-refractivity contribution in [1.82, 2.24) is 15.5 Å². The summed E-state index contributed by atoms with van der Waals surface area (Å²) in [4.78, 5) is 12.2. The smallest absolute Gasteiger partial charge is 0.269 e. The van der Waals surface area contributed by atoms with Crippen molar-refractivity contribution in [3.05, 3.63) is 71.2 Å². The number of rotatable bonds is 7. The molecule has 0 aliphatic rings. The van der Waals surface area contributed by atoms with Gasteiger partial charge in [0.05, 0.1) is 12.8 Å². The molecule has 2 N–H and O–H groups in total. The van der Waals surface area contributed by atoms with E-state index in [9.17, 15) is 9.18 Å². The van der Waals surface area contributed by atoms with E-state index in [1.54, 1.807) is 32.2 Å². The molecular weight excluding hydrogens is 345 g/mol. The molecule has 5 nitrogen and oxygen atoms in total. The zero-order valence-electron chi connectivity index (χ0n) is 15.4. The molecular formula is C21H22FN3O2. The van der Waals surface area contributed by atoms with Crippen LogP contribution in [0.25, 0.3) is 11.3 Å². The Kier molecular flexibility index (Phi) is 5.86. The molecule has 3 rings (SSSR count). The number of nitrogens with one attached hydrogen (secondary N) is 2. The van der Waals surface area contributed by atoms with Crippen molar-refractivity contribution >= 4 is 5.91 Å². The third-order valence-electron chi connectivity index (χ3n) is 4.36. The topological polar surface area (TPSA) is 67.0 Å². The minimum Gasteiger partial charge on any atom is -0.497 e. The molecule has 0 aliphatic heterocycles. The van der Waals surface area contributed by atoms with Crippen LogP contribution in [0, 0.1) is 12.7 Å². The molecule has 27 heavy (non-hydrogen) atoms. The van der Waals surface area contributed by atoms with Crippen LogP contribution in [-0.2, 0) is 6.42 Å². The summed E-state index contributed by atoms with van der Waals surface area (Å²) in [6, 6.07) is 14.3. The van der Waals surface area contributed by atoms with Gasteiger partial charge in [-0.15, -0.1) is 0 Å². The highest BCUT2D eigenvalue weighted by molar-refractivity contribution is 5.93. The average Bonchev–Trinajstić information content (AvgIpc) is 3.18. The largest absolute Gasteiger partial charge is 0.497 e. The Morgan fingerprint density at radius 1 is 1.19 bits per heavy atom. The van der Waals surface area contributed by atoms with Gasteiger partial charge in [0, 0.05) is 12.1 Å². The van der Waals surface area contributed by atoms with Crippen molar-refractivity contribution in [1.29, 1.82) is 0 Å². The van der Waals surface area contributed by atoms with Crippen LogP contribution in [0.5, 0.6) is 5.75 Å². The van der Waals surface area contributed by atoms with E-state index < -0.39 is 0 Å². The molecule has 1 amide bonds. The normalized spacial score (nSPS) is 10.6. The number of amides is 1. The van der Waals surface area contributed by atoms with Crippen molar-refractivity contribution in [2.24, 2.45) is 0 Å². The van der Waals surface area contributed by atoms with Gasteiger partial charge in [0.25, 0.3) is 5.91 Å². The van der Waals surface area contributed by atoms with Crippen LogP contribution in [0.1, 0.15) is 28.0 Å². The van der Waals surface area contributed by atoms with Crippen LogP contribution in [0.3, 0.4) is 0 Å². The molecule has 0 saturated heterocycles. The summed E-state index contributed by atoms with van der Waals surface area (Å²) >= 11 is 0.